The molecule has 0 spiro atoms. The van der Waals surface area contributed by atoms with E-state index in [1.54, 1.807) is 25.7 Å². The van der Waals surface area contributed by atoms with E-state index in [4.69, 9.17) is 16.3 Å². The Labute approximate surface area is 196 Å². The summed E-state index contributed by atoms with van der Waals surface area (Å²) < 4.78 is 30.1. The molecule has 1 unspecified atom stereocenters. The number of sulfone groups is 1. The highest BCUT2D eigenvalue weighted by Gasteiger charge is 2.24. The SMILES string of the molecule is CCC(Nc1ncnc2[nH]cnc12)c1cc(Cl)c(C)c(-c2cncc(S(C)(=O)=O)c2)c1OC. The maximum absolute atomic E-state index is 12.1. The zero-order valence-corrected chi connectivity index (χ0v) is 20.1. The van der Waals surface area contributed by atoms with Gasteiger partial charge in [-0.15, -0.1) is 0 Å². The Morgan fingerprint density at radius 3 is 2.70 bits per heavy atom. The summed E-state index contributed by atoms with van der Waals surface area (Å²) >= 11 is 6.64. The molecule has 0 aliphatic carbocycles. The van der Waals surface area contributed by atoms with Crippen LogP contribution in [-0.2, 0) is 9.84 Å². The second kappa shape index (κ2) is 8.95. The molecular formula is C22H23ClN6O3S. The molecular weight excluding hydrogens is 464 g/mol. The lowest BCUT2D eigenvalue weighted by Gasteiger charge is -2.24. The van der Waals surface area contributed by atoms with Crippen molar-refractivity contribution in [2.75, 3.05) is 18.7 Å². The molecule has 0 fully saturated rings. The van der Waals surface area contributed by atoms with Crippen molar-refractivity contribution < 1.29 is 13.2 Å². The van der Waals surface area contributed by atoms with E-state index >= 15 is 0 Å². The summed E-state index contributed by atoms with van der Waals surface area (Å²) in [5.74, 6) is 1.16. The molecule has 0 aliphatic heterocycles. The summed E-state index contributed by atoms with van der Waals surface area (Å²) in [5, 5.41) is 3.95. The maximum Gasteiger partial charge on any atom is 0.177 e. The second-order valence-corrected chi connectivity index (χ2v) is 10.0. The standard InChI is InChI=1S/C22H23ClN6O3S/c1-5-17(29-22-19-21(26-10-25-19)27-11-28-22)15-7-16(23)12(2)18(20(15)32-3)13-6-14(9-24-8-13)33(4,30)31/h6-11,17H,5H2,1-4H3,(H2,25,26,27,28,29). The van der Waals surface area contributed by atoms with Gasteiger partial charge in [-0.2, -0.15) is 0 Å². The van der Waals surface area contributed by atoms with Gasteiger partial charge < -0.3 is 15.0 Å². The number of pyridine rings is 1. The predicted octanol–water partition coefficient (Wildman–Crippen LogP) is 4.35. The highest BCUT2D eigenvalue weighted by molar-refractivity contribution is 7.90. The Morgan fingerprint density at radius 2 is 2.00 bits per heavy atom. The Hall–Kier alpha value is -3.24. The molecule has 0 saturated carbocycles. The number of nitrogens with one attached hydrogen (secondary N) is 2. The maximum atomic E-state index is 12.1. The number of nitrogens with zero attached hydrogens (tertiary/aromatic N) is 4. The van der Waals surface area contributed by atoms with Crippen molar-refractivity contribution in [2.45, 2.75) is 31.2 Å². The highest BCUT2D eigenvalue weighted by atomic mass is 35.5. The van der Waals surface area contributed by atoms with E-state index in [9.17, 15) is 8.42 Å². The number of aromatic nitrogens is 5. The molecule has 2 N–H and O–H groups in total. The van der Waals surface area contributed by atoms with E-state index in [1.807, 2.05) is 19.9 Å². The molecule has 3 heterocycles. The van der Waals surface area contributed by atoms with E-state index in [2.05, 4.69) is 30.2 Å². The lowest BCUT2D eigenvalue weighted by atomic mass is 9.93. The number of methoxy groups -OCH3 is 1. The third-order valence-corrected chi connectivity index (χ3v) is 6.92. The van der Waals surface area contributed by atoms with Crippen LogP contribution < -0.4 is 10.1 Å². The zero-order chi connectivity index (χ0) is 23.8. The van der Waals surface area contributed by atoms with E-state index in [-0.39, 0.29) is 10.9 Å². The van der Waals surface area contributed by atoms with E-state index in [0.717, 1.165) is 17.4 Å². The van der Waals surface area contributed by atoms with Gasteiger partial charge in [0.1, 0.15) is 17.6 Å². The van der Waals surface area contributed by atoms with Gasteiger partial charge in [0.2, 0.25) is 0 Å². The summed E-state index contributed by atoms with van der Waals surface area (Å²) in [6.45, 7) is 3.89. The van der Waals surface area contributed by atoms with E-state index in [0.29, 0.717) is 45.3 Å². The van der Waals surface area contributed by atoms with Crippen molar-refractivity contribution in [3.8, 4) is 16.9 Å². The first kappa shape index (κ1) is 22.9. The molecule has 172 valence electrons. The van der Waals surface area contributed by atoms with E-state index < -0.39 is 9.84 Å². The van der Waals surface area contributed by atoms with Gasteiger partial charge in [0.15, 0.2) is 21.3 Å². The largest absolute Gasteiger partial charge is 0.496 e. The van der Waals surface area contributed by atoms with Gasteiger partial charge in [-0.05, 0) is 31.0 Å². The summed E-state index contributed by atoms with van der Waals surface area (Å²) in [4.78, 5) is 20.1. The minimum atomic E-state index is -3.44. The molecule has 4 aromatic rings. The fraction of sp³-hybridized carbons (Fsp3) is 0.273. The summed E-state index contributed by atoms with van der Waals surface area (Å²) in [7, 11) is -1.86. The Bertz CT molecular complexity index is 1440. The van der Waals surface area contributed by atoms with Crippen LogP contribution in [-0.4, -0.2) is 46.7 Å². The Balaban J connectivity index is 1.87. The highest BCUT2D eigenvalue weighted by Crippen LogP contribution is 2.43. The second-order valence-electron chi connectivity index (χ2n) is 7.59. The molecule has 0 saturated heterocycles. The van der Waals surface area contributed by atoms with Crippen molar-refractivity contribution in [1.29, 1.82) is 0 Å². The lowest BCUT2D eigenvalue weighted by molar-refractivity contribution is 0.408. The molecule has 4 rings (SSSR count). The van der Waals surface area contributed by atoms with Crippen LogP contribution in [0.1, 0.15) is 30.5 Å². The first-order valence-electron chi connectivity index (χ1n) is 10.2. The summed E-state index contributed by atoms with van der Waals surface area (Å²) in [5.41, 5.74) is 4.10. The number of anilines is 1. The fourth-order valence-electron chi connectivity index (χ4n) is 3.76. The minimum Gasteiger partial charge on any atom is -0.496 e. The molecule has 0 radical (unpaired) electrons. The van der Waals surface area contributed by atoms with Gasteiger partial charge in [0.05, 0.1) is 24.4 Å². The molecule has 9 nitrogen and oxygen atoms in total. The topological polar surface area (TPSA) is 123 Å². The number of H-pyrrole nitrogens is 1. The molecule has 0 amide bonds. The van der Waals surface area contributed by atoms with Crippen LogP contribution in [0.25, 0.3) is 22.3 Å². The van der Waals surface area contributed by atoms with Crippen molar-refractivity contribution in [2.24, 2.45) is 0 Å². The van der Waals surface area contributed by atoms with Crippen LogP contribution in [0.15, 0.2) is 42.1 Å². The van der Waals surface area contributed by atoms with Gasteiger partial charge in [0, 0.05) is 40.4 Å². The Morgan fingerprint density at radius 1 is 1.21 bits per heavy atom. The van der Waals surface area contributed by atoms with Crippen LogP contribution in [0, 0.1) is 6.92 Å². The number of hydrogen-bond acceptors (Lipinski definition) is 8. The fourth-order valence-corrected chi connectivity index (χ4v) is 4.57. The van der Waals surface area contributed by atoms with E-state index in [1.165, 1.54) is 12.5 Å². The first-order chi connectivity index (χ1) is 15.7. The molecule has 3 aromatic heterocycles. The predicted molar refractivity (Wildman–Crippen MR) is 127 cm³/mol. The molecule has 0 bridgehead atoms. The van der Waals surface area contributed by atoms with Crippen LogP contribution in [0.3, 0.4) is 0 Å². The molecule has 1 aromatic carbocycles. The summed E-state index contributed by atoms with van der Waals surface area (Å²) in [6.07, 6.45) is 7.79. The summed E-state index contributed by atoms with van der Waals surface area (Å²) in [6, 6.07) is 3.22. The molecule has 33 heavy (non-hydrogen) atoms. The number of rotatable bonds is 7. The number of fused-ring (bicyclic) bond motifs is 1. The third-order valence-electron chi connectivity index (χ3n) is 5.45. The van der Waals surface area contributed by atoms with Gasteiger partial charge in [-0.25, -0.2) is 23.4 Å². The van der Waals surface area contributed by atoms with Crippen molar-refractivity contribution >= 4 is 38.4 Å². The zero-order valence-electron chi connectivity index (χ0n) is 18.5. The van der Waals surface area contributed by atoms with Crippen LogP contribution >= 0.6 is 11.6 Å². The average molecular weight is 487 g/mol. The minimum absolute atomic E-state index is 0.120. The van der Waals surface area contributed by atoms with Gasteiger partial charge in [0.25, 0.3) is 0 Å². The van der Waals surface area contributed by atoms with Crippen molar-refractivity contribution in [1.82, 2.24) is 24.9 Å². The smallest absolute Gasteiger partial charge is 0.177 e. The number of benzene rings is 1. The molecule has 11 heteroatoms. The molecule has 1 atom stereocenters. The van der Waals surface area contributed by atoms with Crippen LogP contribution in [0.4, 0.5) is 5.82 Å². The van der Waals surface area contributed by atoms with Crippen LogP contribution in [0.5, 0.6) is 5.75 Å². The van der Waals surface area contributed by atoms with Gasteiger partial charge >= 0.3 is 0 Å². The van der Waals surface area contributed by atoms with Gasteiger partial charge in [-0.1, -0.05) is 18.5 Å². The van der Waals surface area contributed by atoms with Crippen molar-refractivity contribution in [3.63, 3.8) is 0 Å². The number of ether oxygens (including phenoxy) is 1. The number of halogens is 1. The monoisotopic (exact) mass is 486 g/mol. The van der Waals surface area contributed by atoms with Gasteiger partial charge in [-0.3, -0.25) is 4.98 Å². The van der Waals surface area contributed by atoms with Crippen LogP contribution in [0.2, 0.25) is 5.02 Å². The number of aromatic amines is 1. The average Bonchev–Trinajstić information content (AvgIpc) is 3.28. The van der Waals surface area contributed by atoms with Crippen molar-refractivity contribution in [3.05, 3.63) is 53.3 Å². The normalized spacial score (nSPS) is 12.6. The number of imidazole rings is 1. The quantitative estimate of drug-likeness (QED) is 0.395. The lowest BCUT2D eigenvalue weighted by Crippen LogP contribution is -2.14. The number of hydrogen-bond donors (Lipinski definition) is 2. The molecule has 0 aliphatic rings. The third kappa shape index (κ3) is 4.36. The Kier molecular flexibility index (Phi) is 6.22. The first-order valence-corrected chi connectivity index (χ1v) is 12.4.